The van der Waals surface area contributed by atoms with Crippen molar-refractivity contribution in [1.29, 1.82) is 0 Å². The SMILES string of the molecule is Cc1ccc(C(C)(O)Cc2ccc(Br)cc2)cc1C. The van der Waals surface area contributed by atoms with Gasteiger partial charge >= 0.3 is 0 Å². The van der Waals surface area contributed by atoms with Gasteiger partial charge in [-0.05, 0) is 55.2 Å². The second-order valence-corrected chi connectivity index (χ2v) is 6.29. The van der Waals surface area contributed by atoms with Crippen molar-refractivity contribution in [2.24, 2.45) is 0 Å². The van der Waals surface area contributed by atoms with E-state index in [1.807, 2.05) is 37.3 Å². The van der Waals surface area contributed by atoms with E-state index in [2.05, 4.69) is 41.9 Å². The van der Waals surface area contributed by atoms with Crippen molar-refractivity contribution in [1.82, 2.24) is 0 Å². The highest BCUT2D eigenvalue weighted by atomic mass is 79.9. The Bertz CT molecular complexity index is 570. The van der Waals surface area contributed by atoms with E-state index in [0.717, 1.165) is 15.6 Å². The Morgan fingerprint density at radius 2 is 1.63 bits per heavy atom. The highest BCUT2D eigenvalue weighted by molar-refractivity contribution is 9.10. The third-order valence-electron chi connectivity index (χ3n) is 3.59. The van der Waals surface area contributed by atoms with E-state index in [-0.39, 0.29) is 0 Å². The molecule has 2 aromatic rings. The van der Waals surface area contributed by atoms with Crippen LogP contribution in [0.1, 0.15) is 29.2 Å². The fourth-order valence-corrected chi connectivity index (χ4v) is 2.44. The van der Waals surface area contributed by atoms with Gasteiger partial charge in [0, 0.05) is 10.9 Å². The molecule has 0 spiro atoms. The first kappa shape index (κ1) is 14.3. The van der Waals surface area contributed by atoms with Crippen LogP contribution in [0.3, 0.4) is 0 Å². The molecule has 1 atom stereocenters. The molecule has 0 fully saturated rings. The van der Waals surface area contributed by atoms with Gasteiger partial charge in [-0.25, -0.2) is 0 Å². The molecular formula is C17H19BrO. The minimum atomic E-state index is -0.841. The maximum Gasteiger partial charge on any atom is 0.0908 e. The summed E-state index contributed by atoms with van der Waals surface area (Å²) in [7, 11) is 0. The Kier molecular flexibility index (Phi) is 4.12. The summed E-state index contributed by atoms with van der Waals surface area (Å²) >= 11 is 3.42. The molecule has 0 aliphatic heterocycles. The molecule has 0 aliphatic rings. The molecule has 0 saturated carbocycles. The second-order valence-electron chi connectivity index (χ2n) is 5.38. The van der Waals surface area contributed by atoms with E-state index < -0.39 is 5.60 Å². The smallest absolute Gasteiger partial charge is 0.0908 e. The second kappa shape index (κ2) is 5.48. The summed E-state index contributed by atoms with van der Waals surface area (Å²) in [4.78, 5) is 0. The standard InChI is InChI=1S/C17H19BrO/c1-12-4-7-15(10-13(12)2)17(3,19)11-14-5-8-16(18)9-6-14/h4-10,19H,11H2,1-3H3. The lowest BCUT2D eigenvalue weighted by atomic mass is 9.87. The molecule has 0 saturated heterocycles. The van der Waals surface area contributed by atoms with Crippen molar-refractivity contribution < 1.29 is 5.11 Å². The molecular weight excluding hydrogens is 300 g/mol. The van der Waals surface area contributed by atoms with Crippen molar-refractivity contribution in [3.05, 3.63) is 69.2 Å². The predicted molar refractivity (Wildman–Crippen MR) is 83.3 cm³/mol. The first-order chi connectivity index (χ1) is 8.88. The first-order valence-electron chi connectivity index (χ1n) is 6.43. The van der Waals surface area contributed by atoms with Crippen LogP contribution in [-0.2, 0) is 12.0 Å². The number of benzene rings is 2. The molecule has 1 unspecified atom stereocenters. The summed E-state index contributed by atoms with van der Waals surface area (Å²) in [5, 5.41) is 10.7. The van der Waals surface area contributed by atoms with E-state index >= 15 is 0 Å². The predicted octanol–water partition coefficient (Wildman–Crippen LogP) is 4.52. The molecule has 1 nitrogen and oxygen atoms in total. The maximum absolute atomic E-state index is 10.7. The third-order valence-corrected chi connectivity index (χ3v) is 4.12. The van der Waals surface area contributed by atoms with Gasteiger partial charge in [0.25, 0.3) is 0 Å². The van der Waals surface area contributed by atoms with Crippen molar-refractivity contribution in [2.45, 2.75) is 32.8 Å². The van der Waals surface area contributed by atoms with Gasteiger partial charge in [0.15, 0.2) is 0 Å². The number of hydrogen-bond donors (Lipinski definition) is 1. The zero-order chi connectivity index (χ0) is 14.0. The third kappa shape index (κ3) is 3.46. The molecule has 0 radical (unpaired) electrons. The summed E-state index contributed by atoms with van der Waals surface area (Å²) in [6.45, 7) is 6.04. The summed E-state index contributed by atoms with van der Waals surface area (Å²) in [6, 6.07) is 14.3. The van der Waals surface area contributed by atoms with Crippen molar-refractivity contribution in [3.8, 4) is 0 Å². The van der Waals surface area contributed by atoms with E-state index in [0.29, 0.717) is 6.42 Å². The highest BCUT2D eigenvalue weighted by Crippen LogP contribution is 2.27. The van der Waals surface area contributed by atoms with Crippen LogP contribution in [0.25, 0.3) is 0 Å². The molecule has 1 N–H and O–H groups in total. The summed E-state index contributed by atoms with van der Waals surface area (Å²) in [5.74, 6) is 0. The van der Waals surface area contributed by atoms with Crippen LogP contribution in [0, 0.1) is 13.8 Å². The largest absolute Gasteiger partial charge is 0.385 e. The van der Waals surface area contributed by atoms with E-state index in [1.54, 1.807) is 0 Å². The van der Waals surface area contributed by atoms with Gasteiger partial charge in [0.05, 0.1) is 5.60 Å². The monoisotopic (exact) mass is 318 g/mol. The van der Waals surface area contributed by atoms with E-state index in [9.17, 15) is 5.11 Å². The molecule has 2 heteroatoms. The fourth-order valence-electron chi connectivity index (χ4n) is 2.18. The topological polar surface area (TPSA) is 20.2 Å². The number of aryl methyl sites for hydroxylation is 2. The lowest BCUT2D eigenvalue weighted by Crippen LogP contribution is -2.24. The van der Waals surface area contributed by atoms with Gasteiger partial charge in [-0.2, -0.15) is 0 Å². The Morgan fingerprint density at radius 1 is 1.00 bits per heavy atom. The zero-order valence-corrected chi connectivity index (χ0v) is 13.2. The van der Waals surface area contributed by atoms with Gasteiger partial charge in [-0.3, -0.25) is 0 Å². The minimum Gasteiger partial charge on any atom is -0.385 e. The van der Waals surface area contributed by atoms with Crippen LogP contribution in [0.5, 0.6) is 0 Å². The van der Waals surface area contributed by atoms with Gasteiger partial charge < -0.3 is 5.11 Å². The Morgan fingerprint density at radius 3 is 2.21 bits per heavy atom. The van der Waals surface area contributed by atoms with Crippen molar-refractivity contribution in [3.63, 3.8) is 0 Å². The van der Waals surface area contributed by atoms with E-state index in [1.165, 1.54) is 11.1 Å². The Balaban J connectivity index is 2.26. The minimum absolute atomic E-state index is 0.614. The molecule has 100 valence electrons. The van der Waals surface area contributed by atoms with Gasteiger partial charge in [0.1, 0.15) is 0 Å². The van der Waals surface area contributed by atoms with Crippen molar-refractivity contribution >= 4 is 15.9 Å². The highest BCUT2D eigenvalue weighted by Gasteiger charge is 2.23. The summed E-state index contributed by atoms with van der Waals surface area (Å²) in [6.07, 6.45) is 0.614. The average molecular weight is 319 g/mol. The first-order valence-corrected chi connectivity index (χ1v) is 7.22. The van der Waals surface area contributed by atoms with Crippen LogP contribution in [0.2, 0.25) is 0 Å². The Labute approximate surface area is 123 Å². The molecule has 0 bridgehead atoms. The summed E-state index contributed by atoms with van der Waals surface area (Å²) in [5.41, 5.74) is 3.73. The van der Waals surface area contributed by atoms with Crippen LogP contribution in [-0.4, -0.2) is 5.11 Å². The van der Waals surface area contributed by atoms with Crippen LogP contribution >= 0.6 is 15.9 Å². The Hall–Kier alpha value is -1.12. The van der Waals surface area contributed by atoms with E-state index in [4.69, 9.17) is 0 Å². The molecule has 0 heterocycles. The quantitative estimate of drug-likeness (QED) is 0.882. The van der Waals surface area contributed by atoms with Gasteiger partial charge in [-0.15, -0.1) is 0 Å². The fraction of sp³-hybridized carbons (Fsp3) is 0.294. The number of hydrogen-bond acceptors (Lipinski definition) is 1. The van der Waals surface area contributed by atoms with Gasteiger partial charge in [0.2, 0.25) is 0 Å². The average Bonchev–Trinajstić information content (AvgIpc) is 2.35. The normalized spacial score (nSPS) is 14.2. The summed E-state index contributed by atoms with van der Waals surface area (Å²) < 4.78 is 1.06. The molecule has 19 heavy (non-hydrogen) atoms. The van der Waals surface area contributed by atoms with Gasteiger partial charge in [-0.1, -0.05) is 46.3 Å². The molecule has 0 aromatic heterocycles. The lowest BCUT2D eigenvalue weighted by molar-refractivity contribution is 0.0575. The lowest BCUT2D eigenvalue weighted by Gasteiger charge is -2.25. The van der Waals surface area contributed by atoms with Crippen LogP contribution in [0.4, 0.5) is 0 Å². The maximum atomic E-state index is 10.7. The molecule has 0 aliphatic carbocycles. The number of rotatable bonds is 3. The number of halogens is 1. The molecule has 2 rings (SSSR count). The zero-order valence-electron chi connectivity index (χ0n) is 11.6. The van der Waals surface area contributed by atoms with Crippen LogP contribution < -0.4 is 0 Å². The van der Waals surface area contributed by atoms with Crippen molar-refractivity contribution in [2.75, 3.05) is 0 Å². The molecule has 0 amide bonds. The van der Waals surface area contributed by atoms with Crippen LogP contribution in [0.15, 0.2) is 46.9 Å². The molecule has 2 aromatic carbocycles. The number of aliphatic hydroxyl groups is 1.